The molecule has 0 fully saturated rings. The molecule has 1 aromatic rings. The molecule has 3 heteroatoms. The Labute approximate surface area is 130 Å². The van der Waals surface area contributed by atoms with Crippen LogP contribution in [-0.4, -0.2) is 9.78 Å². The minimum atomic E-state index is 0.360. The van der Waals surface area contributed by atoms with Crippen molar-refractivity contribution >= 4 is 0 Å². The van der Waals surface area contributed by atoms with Crippen LogP contribution in [0.4, 0.5) is 0 Å². The predicted octanol–water partition coefficient (Wildman–Crippen LogP) is 5.43. The van der Waals surface area contributed by atoms with E-state index in [1.807, 2.05) is 6.20 Å². The van der Waals surface area contributed by atoms with E-state index >= 15 is 0 Å². The quantitative estimate of drug-likeness (QED) is 0.481. The molecule has 0 aromatic carbocycles. The first-order valence-corrected chi connectivity index (χ1v) is 8.71. The second-order valence-electron chi connectivity index (χ2n) is 6.02. The number of hydrogen-bond donors (Lipinski definition) is 0. The molecule has 1 aromatic heterocycles. The smallest absolute Gasteiger partial charge is 0.128 e. The number of hydrogen-bond acceptors (Lipinski definition) is 2. The average molecular weight is 289 g/mol. The maximum atomic E-state index is 8.76. The van der Waals surface area contributed by atoms with Gasteiger partial charge in [-0.2, -0.15) is 10.4 Å². The van der Waals surface area contributed by atoms with Crippen LogP contribution >= 0.6 is 0 Å². The Bertz CT molecular complexity index is 391. The lowest BCUT2D eigenvalue weighted by Crippen LogP contribution is -1.99. The predicted molar refractivity (Wildman–Crippen MR) is 88.1 cm³/mol. The number of rotatable bonds is 12. The first-order valence-electron chi connectivity index (χ1n) is 8.71. The lowest BCUT2D eigenvalue weighted by molar-refractivity contribution is 0.496. The molecule has 0 aliphatic rings. The van der Waals surface area contributed by atoms with Gasteiger partial charge in [-0.05, 0) is 24.3 Å². The monoisotopic (exact) mass is 289 g/mol. The molecule has 3 nitrogen and oxygen atoms in total. The summed E-state index contributed by atoms with van der Waals surface area (Å²) in [4.78, 5) is 0. The third kappa shape index (κ3) is 7.32. The Morgan fingerprint density at radius 1 is 1.05 bits per heavy atom. The van der Waals surface area contributed by atoms with Gasteiger partial charge in [0.1, 0.15) is 6.54 Å². The molecule has 0 saturated carbocycles. The Kier molecular flexibility index (Phi) is 9.61. The Morgan fingerprint density at radius 3 is 2.19 bits per heavy atom. The van der Waals surface area contributed by atoms with Crippen LogP contribution in [0.25, 0.3) is 0 Å². The van der Waals surface area contributed by atoms with Crippen molar-refractivity contribution in [3.63, 3.8) is 0 Å². The van der Waals surface area contributed by atoms with Gasteiger partial charge in [0, 0.05) is 6.20 Å². The highest BCUT2D eigenvalue weighted by Crippen LogP contribution is 2.28. The van der Waals surface area contributed by atoms with Gasteiger partial charge in [0.25, 0.3) is 0 Å². The molecule has 21 heavy (non-hydrogen) atoms. The standard InChI is InChI=1S/C18H31N3/c1-3-5-7-9-11-17(12-10-8-6-4-2)18-15-20-21(16-18)14-13-19/h15-17H,3-12,14H2,1-2H3. The topological polar surface area (TPSA) is 41.6 Å². The first kappa shape index (κ1) is 17.8. The summed E-state index contributed by atoms with van der Waals surface area (Å²) in [6.45, 7) is 4.88. The highest BCUT2D eigenvalue weighted by Gasteiger charge is 2.13. The van der Waals surface area contributed by atoms with E-state index < -0.39 is 0 Å². The van der Waals surface area contributed by atoms with E-state index in [0.717, 1.165) is 0 Å². The molecule has 0 bridgehead atoms. The van der Waals surface area contributed by atoms with Gasteiger partial charge in [0.15, 0.2) is 0 Å². The highest BCUT2D eigenvalue weighted by molar-refractivity contribution is 5.11. The largest absolute Gasteiger partial charge is 0.258 e. The summed E-state index contributed by atoms with van der Waals surface area (Å²) in [6.07, 6.45) is 17.2. The van der Waals surface area contributed by atoms with E-state index in [1.165, 1.54) is 69.8 Å². The van der Waals surface area contributed by atoms with Crippen LogP contribution in [-0.2, 0) is 6.54 Å². The van der Waals surface area contributed by atoms with Crippen molar-refractivity contribution in [1.29, 1.82) is 5.26 Å². The van der Waals surface area contributed by atoms with Crippen LogP contribution in [0, 0.1) is 11.3 Å². The van der Waals surface area contributed by atoms with Gasteiger partial charge in [-0.1, -0.05) is 65.2 Å². The van der Waals surface area contributed by atoms with Crippen molar-refractivity contribution in [1.82, 2.24) is 9.78 Å². The molecular formula is C18H31N3. The van der Waals surface area contributed by atoms with Crippen molar-refractivity contribution in [3.8, 4) is 6.07 Å². The fraction of sp³-hybridized carbons (Fsp3) is 0.778. The maximum Gasteiger partial charge on any atom is 0.128 e. The van der Waals surface area contributed by atoms with E-state index in [4.69, 9.17) is 5.26 Å². The first-order chi connectivity index (χ1) is 10.3. The second kappa shape index (κ2) is 11.4. The SMILES string of the molecule is CCCCCCC(CCCCCC)c1cnn(CC#N)c1. The van der Waals surface area contributed by atoms with Crippen molar-refractivity contribution < 1.29 is 0 Å². The minimum Gasteiger partial charge on any atom is -0.258 e. The van der Waals surface area contributed by atoms with Gasteiger partial charge >= 0.3 is 0 Å². The number of unbranched alkanes of at least 4 members (excludes halogenated alkanes) is 6. The Morgan fingerprint density at radius 2 is 1.67 bits per heavy atom. The van der Waals surface area contributed by atoms with Crippen molar-refractivity contribution in [3.05, 3.63) is 18.0 Å². The van der Waals surface area contributed by atoms with E-state index in [0.29, 0.717) is 12.5 Å². The average Bonchev–Trinajstić information content (AvgIpc) is 2.94. The second-order valence-corrected chi connectivity index (χ2v) is 6.02. The molecule has 0 radical (unpaired) electrons. The van der Waals surface area contributed by atoms with Gasteiger partial charge in [0.05, 0.1) is 12.3 Å². The van der Waals surface area contributed by atoms with Gasteiger partial charge in [0.2, 0.25) is 0 Å². The molecule has 1 heterocycles. The fourth-order valence-electron chi connectivity index (χ4n) is 2.86. The summed E-state index contributed by atoms with van der Waals surface area (Å²) in [5, 5.41) is 13.1. The summed E-state index contributed by atoms with van der Waals surface area (Å²) >= 11 is 0. The Balaban J connectivity index is 2.50. The third-order valence-corrected chi connectivity index (χ3v) is 4.17. The summed E-state index contributed by atoms with van der Waals surface area (Å²) in [5.41, 5.74) is 1.33. The number of aromatic nitrogens is 2. The molecule has 118 valence electrons. The lowest BCUT2D eigenvalue weighted by Gasteiger charge is -2.15. The number of nitrogens with zero attached hydrogens (tertiary/aromatic N) is 3. The molecule has 0 aliphatic carbocycles. The van der Waals surface area contributed by atoms with Crippen LogP contribution in [0.2, 0.25) is 0 Å². The summed E-state index contributed by atoms with van der Waals surface area (Å²) in [6, 6.07) is 2.16. The fourth-order valence-corrected chi connectivity index (χ4v) is 2.86. The van der Waals surface area contributed by atoms with Gasteiger partial charge in [-0.15, -0.1) is 0 Å². The normalized spacial score (nSPS) is 11.0. The molecule has 0 amide bonds. The maximum absolute atomic E-state index is 8.76. The van der Waals surface area contributed by atoms with Crippen molar-refractivity contribution in [2.24, 2.45) is 0 Å². The van der Waals surface area contributed by atoms with E-state index in [1.54, 1.807) is 4.68 Å². The van der Waals surface area contributed by atoms with Gasteiger partial charge in [-0.25, -0.2) is 0 Å². The van der Waals surface area contributed by atoms with Crippen LogP contribution in [0.1, 0.15) is 89.5 Å². The highest BCUT2D eigenvalue weighted by atomic mass is 15.3. The number of nitriles is 1. The summed E-state index contributed by atoms with van der Waals surface area (Å²) in [7, 11) is 0. The molecule has 0 saturated heterocycles. The van der Waals surface area contributed by atoms with Gasteiger partial charge in [-0.3, -0.25) is 4.68 Å². The van der Waals surface area contributed by atoms with Crippen molar-refractivity contribution in [2.75, 3.05) is 0 Å². The molecule has 1 rings (SSSR count). The van der Waals surface area contributed by atoms with Gasteiger partial charge < -0.3 is 0 Å². The zero-order valence-electron chi connectivity index (χ0n) is 13.9. The minimum absolute atomic E-state index is 0.360. The molecule has 0 atom stereocenters. The molecular weight excluding hydrogens is 258 g/mol. The van der Waals surface area contributed by atoms with Crippen molar-refractivity contribution in [2.45, 2.75) is 90.5 Å². The lowest BCUT2D eigenvalue weighted by atomic mass is 9.90. The summed E-state index contributed by atoms with van der Waals surface area (Å²) in [5.74, 6) is 0.631. The zero-order chi connectivity index (χ0) is 15.3. The van der Waals surface area contributed by atoms with Crippen LogP contribution < -0.4 is 0 Å². The van der Waals surface area contributed by atoms with E-state index in [-0.39, 0.29) is 0 Å². The zero-order valence-corrected chi connectivity index (χ0v) is 13.9. The third-order valence-electron chi connectivity index (χ3n) is 4.17. The molecule has 0 N–H and O–H groups in total. The van der Waals surface area contributed by atoms with Crippen LogP contribution in [0.15, 0.2) is 12.4 Å². The molecule has 0 aliphatic heterocycles. The van der Waals surface area contributed by atoms with Crippen LogP contribution in [0.5, 0.6) is 0 Å². The molecule has 0 unspecified atom stereocenters. The van der Waals surface area contributed by atoms with E-state index in [9.17, 15) is 0 Å². The van der Waals surface area contributed by atoms with Crippen LogP contribution in [0.3, 0.4) is 0 Å². The Hall–Kier alpha value is -1.30. The summed E-state index contributed by atoms with van der Waals surface area (Å²) < 4.78 is 1.76. The molecule has 0 spiro atoms. The van der Waals surface area contributed by atoms with E-state index in [2.05, 4.69) is 31.2 Å².